The van der Waals surface area contributed by atoms with Gasteiger partial charge in [0, 0.05) is 19.6 Å². The molecule has 0 radical (unpaired) electrons. The molecule has 0 bridgehead atoms. The number of rotatable bonds is 6. The molecule has 3 nitrogen and oxygen atoms in total. The zero-order chi connectivity index (χ0) is 11.1. The van der Waals surface area contributed by atoms with Crippen LogP contribution in [0.15, 0.2) is 12.2 Å². The van der Waals surface area contributed by atoms with E-state index in [1.54, 1.807) is 0 Å². The van der Waals surface area contributed by atoms with E-state index in [9.17, 15) is 0 Å². The van der Waals surface area contributed by atoms with E-state index in [4.69, 9.17) is 9.84 Å². The lowest BCUT2D eigenvalue weighted by molar-refractivity contribution is -0.00633. The molecule has 0 aromatic heterocycles. The number of likely N-dealkylation sites (tertiary alicyclic amines) is 1. The minimum Gasteiger partial charge on any atom is -0.394 e. The first-order valence-electron chi connectivity index (χ1n) is 5.87. The quantitative estimate of drug-likeness (QED) is 0.677. The van der Waals surface area contributed by atoms with Crippen molar-refractivity contribution in [2.45, 2.75) is 32.3 Å². The lowest BCUT2D eigenvalue weighted by Gasteiger charge is -2.32. The molecule has 1 rings (SSSR count). The van der Waals surface area contributed by atoms with E-state index in [2.05, 4.69) is 18.4 Å². The summed E-state index contributed by atoms with van der Waals surface area (Å²) < 4.78 is 5.51. The maximum Gasteiger partial charge on any atom is 0.0701 e. The zero-order valence-electron chi connectivity index (χ0n) is 9.74. The van der Waals surface area contributed by atoms with Gasteiger partial charge in [-0.05, 0) is 19.3 Å². The summed E-state index contributed by atoms with van der Waals surface area (Å²) in [7, 11) is 0. The first kappa shape index (κ1) is 12.7. The Morgan fingerprint density at radius 3 is 2.67 bits per heavy atom. The number of nitrogens with zero attached hydrogens (tertiary/aromatic N) is 1. The Labute approximate surface area is 92.7 Å². The third kappa shape index (κ3) is 4.78. The Bertz CT molecular complexity index is 186. The van der Waals surface area contributed by atoms with Crippen molar-refractivity contribution in [3.05, 3.63) is 12.2 Å². The highest BCUT2D eigenvalue weighted by atomic mass is 16.5. The van der Waals surface area contributed by atoms with Gasteiger partial charge in [-0.3, -0.25) is 4.90 Å². The van der Waals surface area contributed by atoms with Gasteiger partial charge in [-0.1, -0.05) is 19.1 Å². The molecule has 1 fully saturated rings. The van der Waals surface area contributed by atoms with Crippen LogP contribution >= 0.6 is 0 Å². The van der Waals surface area contributed by atoms with Crippen molar-refractivity contribution < 1.29 is 9.84 Å². The van der Waals surface area contributed by atoms with Gasteiger partial charge in [0.05, 0.1) is 19.3 Å². The average Bonchev–Trinajstić information content (AvgIpc) is 2.28. The summed E-state index contributed by atoms with van der Waals surface area (Å²) in [6.07, 6.45) is 3.58. The van der Waals surface area contributed by atoms with Crippen LogP contribution in [0.3, 0.4) is 0 Å². The smallest absolute Gasteiger partial charge is 0.0701 e. The van der Waals surface area contributed by atoms with Crippen LogP contribution in [-0.4, -0.2) is 49.0 Å². The topological polar surface area (TPSA) is 32.7 Å². The van der Waals surface area contributed by atoms with Gasteiger partial charge in [0.2, 0.25) is 0 Å². The van der Waals surface area contributed by atoms with Crippen molar-refractivity contribution >= 4 is 0 Å². The first-order chi connectivity index (χ1) is 7.26. The number of hydrogen-bond acceptors (Lipinski definition) is 3. The Kier molecular flexibility index (Phi) is 5.91. The van der Waals surface area contributed by atoms with Gasteiger partial charge in [-0.25, -0.2) is 0 Å². The van der Waals surface area contributed by atoms with Crippen molar-refractivity contribution in [1.29, 1.82) is 0 Å². The minimum absolute atomic E-state index is 0.132. The second-order valence-electron chi connectivity index (χ2n) is 4.17. The molecule has 1 aliphatic rings. The minimum atomic E-state index is 0.132. The summed E-state index contributed by atoms with van der Waals surface area (Å²) in [4.78, 5) is 2.44. The molecule has 3 heteroatoms. The Morgan fingerprint density at radius 1 is 1.47 bits per heavy atom. The average molecular weight is 213 g/mol. The van der Waals surface area contributed by atoms with Crippen LogP contribution in [0.4, 0.5) is 0 Å². The van der Waals surface area contributed by atoms with E-state index in [0.717, 1.165) is 38.9 Å². The number of aliphatic hydroxyl groups is 1. The fourth-order valence-electron chi connectivity index (χ4n) is 1.88. The van der Waals surface area contributed by atoms with Crippen LogP contribution < -0.4 is 0 Å². The van der Waals surface area contributed by atoms with Crippen LogP contribution in [0.2, 0.25) is 0 Å². The molecule has 1 heterocycles. The van der Waals surface area contributed by atoms with E-state index in [1.807, 2.05) is 0 Å². The molecular formula is C12H23NO2. The predicted octanol–water partition coefficient (Wildman–Crippen LogP) is 1.43. The maximum atomic E-state index is 8.65. The molecule has 0 aliphatic carbocycles. The Hall–Kier alpha value is -0.380. The molecule has 0 atom stereocenters. The maximum absolute atomic E-state index is 8.65. The van der Waals surface area contributed by atoms with Crippen LogP contribution in [-0.2, 0) is 4.74 Å². The summed E-state index contributed by atoms with van der Waals surface area (Å²) in [5.41, 5.74) is 1.31. The Balaban J connectivity index is 2.15. The van der Waals surface area contributed by atoms with Gasteiger partial charge in [0.15, 0.2) is 0 Å². The van der Waals surface area contributed by atoms with Gasteiger partial charge in [0.1, 0.15) is 0 Å². The number of aliphatic hydroxyl groups excluding tert-OH is 1. The SMILES string of the molecule is C=C(CC)CN1CCC(OCCO)CC1. The molecule has 0 unspecified atom stereocenters. The number of ether oxygens (including phenoxy) is 1. The second-order valence-corrected chi connectivity index (χ2v) is 4.17. The van der Waals surface area contributed by atoms with Crippen LogP contribution in [0.5, 0.6) is 0 Å². The molecular weight excluding hydrogens is 190 g/mol. The van der Waals surface area contributed by atoms with Crippen LogP contribution in [0.1, 0.15) is 26.2 Å². The number of hydrogen-bond donors (Lipinski definition) is 1. The van der Waals surface area contributed by atoms with E-state index in [1.165, 1.54) is 5.57 Å². The molecule has 0 aromatic rings. The molecule has 15 heavy (non-hydrogen) atoms. The molecule has 88 valence electrons. The fraction of sp³-hybridized carbons (Fsp3) is 0.833. The lowest BCUT2D eigenvalue weighted by Crippen LogP contribution is -2.38. The summed E-state index contributed by atoms with van der Waals surface area (Å²) in [6.45, 7) is 10.0. The van der Waals surface area contributed by atoms with E-state index in [0.29, 0.717) is 12.7 Å². The second kappa shape index (κ2) is 6.99. The van der Waals surface area contributed by atoms with Gasteiger partial charge in [-0.2, -0.15) is 0 Å². The van der Waals surface area contributed by atoms with Gasteiger partial charge in [-0.15, -0.1) is 0 Å². The largest absolute Gasteiger partial charge is 0.394 e. The third-order valence-corrected chi connectivity index (χ3v) is 2.93. The standard InChI is InChI=1S/C12H23NO2/c1-3-11(2)10-13-6-4-12(5-7-13)15-9-8-14/h12,14H,2-10H2,1H3. The zero-order valence-corrected chi connectivity index (χ0v) is 9.74. The van der Waals surface area contributed by atoms with Crippen molar-refractivity contribution in [3.63, 3.8) is 0 Å². The van der Waals surface area contributed by atoms with Crippen molar-refractivity contribution in [1.82, 2.24) is 4.90 Å². The Morgan fingerprint density at radius 2 is 2.13 bits per heavy atom. The molecule has 0 saturated carbocycles. The summed E-state index contributed by atoms with van der Waals surface area (Å²) in [5, 5.41) is 8.65. The molecule has 1 aliphatic heterocycles. The van der Waals surface area contributed by atoms with Gasteiger partial charge in [0.25, 0.3) is 0 Å². The fourth-order valence-corrected chi connectivity index (χ4v) is 1.88. The van der Waals surface area contributed by atoms with E-state index in [-0.39, 0.29) is 6.61 Å². The van der Waals surface area contributed by atoms with Gasteiger partial charge < -0.3 is 9.84 Å². The molecule has 0 aromatic carbocycles. The predicted molar refractivity (Wildman–Crippen MR) is 61.9 cm³/mol. The highest BCUT2D eigenvalue weighted by molar-refractivity contribution is 4.96. The van der Waals surface area contributed by atoms with Crippen molar-refractivity contribution in [2.24, 2.45) is 0 Å². The monoisotopic (exact) mass is 213 g/mol. The summed E-state index contributed by atoms with van der Waals surface area (Å²) in [6, 6.07) is 0. The molecule has 0 amide bonds. The van der Waals surface area contributed by atoms with Crippen LogP contribution in [0.25, 0.3) is 0 Å². The molecule has 1 N–H and O–H groups in total. The summed E-state index contributed by atoms with van der Waals surface area (Å²) in [5.74, 6) is 0. The lowest BCUT2D eigenvalue weighted by atomic mass is 10.1. The van der Waals surface area contributed by atoms with Gasteiger partial charge >= 0.3 is 0 Å². The molecule has 1 saturated heterocycles. The molecule has 0 spiro atoms. The van der Waals surface area contributed by atoms with E-state index >= 15 is 0 Å². The highest BCUT2D eigenvalue weighted by Gasteiger charge is 2.19. The number of piperidine rings is 1. The highest BCUT2D eigenvalue weighted by Crippen LogP contribution is 2.14. The summed E-state index contributed by atoms with van der Waals surface area (Å²) >= 11 is 0. The third-order valence-electron chi connectivity index (χ3n) is 2.93. The normalized spacial score (nSPS) is 19.3. The van der Waals surface area contributed by atoms with Crippen LogP contribution in [0, 0.1) is 0 Å². The first-order valence-corrected chi connectivity index (χ1v) is 5.87. The van der Waals surface area contributed by atoms with Crippen molar-refractivity contribution in [3.8, 4) is 0 Å². The van der Waals surface area contributed by atoms with E-state index < -0.39 is 0 Å². The van der Waals surface area contributed by atoms with Crippen molar-refractivity contribution in [2.75, 3.05) is 32.8 Å².